The van der Waals surface area contributed by atoms with Gasteiger partial charge in [0.1, 0.15) is 34.6 Å². The van der Waals surface area contributed by atoms with Gasteiger partial charge in [-0.3, -0.25) is 10.3 Å². The Morgan fingerprint density at radius 2 is 2.10 bits per heavy atom. The van der Waals surface area contributed by atoms with Crippen LogP contribution in [-0.2, 0) is 6.42 Å². The van der Waals surface area contributed by atoms with Gasteiger partial charge in [-0.25, -0.2) is 4.79 Å². The molecule has 0 saturated carbocycles. The number of carboxylic acid groups (broad SMARTS) is 1. The fraction of sp³-hybridized carbons (Fsp3) is 0.273. The maximum Gasteiger partial charge on any atom is 0.339 e. The van der Waals surface area contributed by atoms with E-state index < -0.39 is 5.97 Å². The van der Waals surface area contributed by atoms with Crippen LogP contribution in [0.25, 0.3) is 11.0 Å². The molecule has 1 aliphatic heterocycles. The number of amidine groups is 1. The third kappa shape index (κ3) is 4.25. The van der Waals surface area contributed by atoms with Crippen molar-refractivity contribution in [1.29, 1.82) is 5.41 Å². The first kappa shape index (κ1) is 19.0. The number of likely N-dealkylation sites (tertiary alicyclic amines) is 1. The summed E-state index contributed by atoms with van der Waals surface area (Å²) in [7, 11) is 0. The summed E-state index contributed by atoms with van der Waals surface area (Å²) in [5, 5.41) is 17.8. The highest BCUT2D eigenvalue weighted by Gasteiger charge is 2.25. The van der Waals surface area contributed by atoms with Gasteiger partial charge in [0, 0.05) is 37.0 Å². The molecule has 2 heterocycles. The number of nitrogens with zero attached hydrogens (tertiary/aromatic N) is 1. The number of carboxylic acids is 1. The number of fused-ring (bicyclic) bond motifs is 1. The van der Waals surface area contributed by atoms with E-state index in [1.807, 2.05) is 18.2 Å². The van der Waals surface area contributed by atoms with Crippen LogP contribution in [0.1, 0.15) is 28.1 Å². The van der Waals surface area contributed by atoms with Crippen molar-refractivity contribution in [3.8, 4) is 5.75 Å². The number of aromatic carboxylic acids is 1. The van der Waals surface area contributed by atoms with Gasteiger partial charge in [-0.1, -0.05) is 12.1 Å². The van der Waals surface area contributed by atoms with Crippen molar-refractivity contribution in [3.63, 3.8) is 0 Å². The minimum absolute atomic E-state index is 0.0238. The van der Waals surface area contributed by atoms with Gasteiger partial charge in [0.25, 0.3) is 0 Å². The highest BCUT2D eigenvalue weighted by molar-refractivity contribution is 5.98. The summed E-state index contributed by atoms with van der Waals surface area (Å²) in [6.07, 6.45) is 1.60. The van der Waals surface area contributed by atoms with Gasteiger partial charge >= 0.3 is 5.97 Å². The number of nitrogens with two attached hydrogens (primary N) is 1. The van der Waals surface area contributed by atoms with Gasteiger partial charge in [-0.2, -0.15) is 0 Å². The van der Waals surface area contributed by atoms with Crippen LogP contribution in [0.3, 0.4) is 0 Å². The largest absolute Gasteiger partial charge is 0.488 e. The van der Waals surface area contributed by atoms with Crippen molar-refractivity contribution < 1.29 is 19.1 Å². The van der Waals surface area contributed by atoms with Crippen LogP contribution < -0.4 is 10.5 Å². The zero-order valence-electron chi connectivity index (χ0n) is 15.9. The Kier molecular flexibility index (Phi) is 5.22. The van der Waals surface area contributed by atoms with E-state index in [9.17, 15) is 9.90 Å². The molecular formula is C22H23N3O4. The molecule has 4 rings (SSSR count). The molecule has 0 amide bonds. The Bertz CT molecular complexity index is 1060. The van der Waals surface area contributed by atoms with Crippen molar-refractivity contribution in [1.82, 2.24) is 4.90 Å². The third-order valence-corrected chi connectivity index (χ3v) is 5.19. The minimum atomic E-state index is -0.978. The number of nitrogen functional groups attached to an aromatic ring is 1. The fourth-order valence-electron chi connectivity index (χ4n) is 3.68. The van der Waals surface area contributed by atoms with Crippen molar-refractivity contribution >= 4 is 22.8 Å². The van der Waals surface area contributed by atoms with Crippen LogP contribution >= 0.6 is 0 Å². The molecule has 1 saturated heterocycles. The summed E-state index contributed by atoms with van der Waals surface area (Å²) in [6.45, 7) is 2.48. The van der Waals surface area contributed by atoms with Crippen LogP contribution in [0, 0.1) is 5.41 Å². The van der Waals surface area contributed by atoms with Gasteiger partial charge in [0.05, 0.1) is 0 Å². The average Bonchev–Trinajstić information content (AvgIpc) is 3.32. The van der Waals surface area contributed by atoms with Crippen LogP contribution in [0.4, 0.5) is 0 Å². The number of hydrogen-bond donors (Lipinski definition) is 3. The van der Waals surface area contributed by atoms with Gasteiger partial charge in [0.2, 0.25) is 0 Å². The Labute approximate surface area is 168 Å². The topological polar surface area (TPSA) is 113 Å². The maximum absolute atomic E-state index is 11.3. The van der Waals surface area contributed by atoms with Crippen molar-refractivity contribution in [2.45, 2.75) is 18.9 Å². The lowest BCUT2D eigenvalue weighted by atomic mass is 10.1. The van der Waals surface area contributed by atoms with E-state index in [1.165, 1.54) is 0 Å². The predicted molar refractivity (Wildman–Crippen MR) is 110 cm³/mol. The molecule has 7 nitrogen and oxygen atoms in total. The molecular weight excluding hydrogens is 370 g/mol. The van der Waals surface area contributed by atoms with Gasteiger partial charge in [-0.15, -0.1) is 0 Å². The third-order valence-electron chi connectivity index (χ3n) is 5.19. The van der Waals surface area contributed by atoms with Crippen LogP contribution in [0.15, 0.2) is 52.9 Å². The summed E-state index contributed by atoms with van der Waals surface area (Å²) in [6, 6.07) is 14.2. The van der Waals surface area contributed by atoms with E-state index >= 15 is 0 Å². The molecule has 1 aliphatic rings. The van der Waals surface area contributed by atoms with E-state index in [2.05, 4.69) is 4.90 Å². The molecule has 0 spiro atoms. The lowest BCUT2D eigenvalue weighted by Gasteiger charge is -2.17. The SMILES string of the molecule is N=C(N)c1ccc2oc(CCN3CC[C@H](Oc4ccccc4C(=O)O)C3)cc2c1. The molecule has 150 valence electrons. The number of ether oxygens (including phenoxy) is 1. The molecule has 1 atom stereocenters. The van der Waals surface area contributed by atoms with Crippen molar-refractivity contribution in [2.24, 2.45) is 5.73 Å². The molecule has 1 aromatic heterocycles. The maximum atomic E-state index is 11.3. The highest BCUT2D eigenvalue weighted by Crippen LogP contribution is 2.24. The molecule has 0 radical (unpaired) electrons. The van der Waals surface area contributed by atoms with Gasteiger partial charge in [0.15, 0.2) is 0 Å². The summed E-state index contributed by atoms with van der Waals surface area (Å²) < 4.78 is 11.8. The van der Waals surface area contributed by atoms with E-state index in [4.69, 9.17) is 20.3 Å². The van der Waals surface area contributed by atoms with Crippen molar-refractivity contribution in [3.05, 3.63) is 65.4 Å². The molecule has 4 N–H and O–H groups in total. The second kappa shape index (κ2) is 7.97. The summed E-state index contributed by atoms with van der Waals surface area (Å²) in [5.41, 5.74) is 7.22. The standard InChI is InChI=1S/C22H23N3O4/c23-21(24)14-5-6-19-15(11-14)12-16(28-19)7-9-25-10-8-17(13-25)29-20-4-2-1-3-18(20)22(26)27/h1-6,11-12,17H,7-10,13H2,(H3,23,24)(H,26,27)/t17-/m0/s1. The van der Waals surface area contributed by atoms with Crippen LogP contribution in [-0.4, -0.2) is 47.5 Å². The zero-order chi connectivity index (χ0) is 20.4. The lowest BCUT2D eigenvalue weighted by molar-refractivity contribution is 0.0689. The zero-order valence-corrected chi connectivity index (χ0v) is 15.9. The quantitative estimate of drug-likeness (QED) is 0.420. The Morgan fingerprint density at radius 3 is 2.90 bits per heavy atom. The Balaban J connectivity index is 1.34. The van der Waals surface area contributed by atoms with E-state index in [1.54, 1.807) is 30.3 Å². The predicted octanol–water partition coefficient (Wildman–Crippen LogP) is 3.11. The first-order valence-corrected chi connectivity index (χ1v) is 9.58. The summed E-state index contributed by atoms with van der Waals surface area (Å²) >= 11 is 0. The van der Waals surface area contributed by atoms with E-state index in [0.29, 0.717) is 11.3 Å². The number of furan rings is 1. The Hall–Kier alpha value is -3.32. The second-order valence-corrected chi connectivity index (χ2v) is 7.26. The van der Waals surface area contributed by atoms with E-state index in [-0.39, 0.29) is 17.5 Å². The molecule has 0 unspecified atom stereocenters. The monoisotopic (exact) mass is 393 g/mol. The number of carbonyl (C=O) groups is 1. The molecule has 2 aromatic carbocycles. The van der Waals surface area contributed by atoms with Crippen molar-refractivity contribution in [2.75, 3.05) is 19.6 Å². The number of para-hydroxylation sites is 1. The number of hydrogen-bond acceptors (Lipinski definition) is 5. The molecule has 29 heavy (non-hydrogen) atoms. The fourth-order valence-corrected chi connectivity index (χ4v) is 3.68. The summed E-state index contributed by atoms with van der Waals surface area (Å²) in [4.78, 5) is 13.6. The number of rotatable bonds is 7. The number of nitrogens with one attached hydrogen (secondary N) is 1. The van der Waals surface area contributed by atoms with Crippen LogP contribution in [0.5, 0.6) is 5.75 Å². The minimum Gasteiger partial charge on any atom is -0.488 e. The van der Waals surface area contributed by atoms with Crippen LogP contribution in [0.2, 0.25) is 0 Å². The molecule has 7 heteroatoms. The normalized spacial score (nSPS) is 16.9. The summed E-state index contributed by atoms with van der Waals surface area (Å²) in [5.74, 6) is 0.377. The highest BCUT2D eigenvalue weighted by atomic mass is 16.5. The Morgan fingerprint density at radius 1 is 1.28 bits per heavy atom. The average molecular weight is 393 g/mol. The number of benzene rings is 2. The van der Waals surface area contributed by atoms with Gasteiger partial charge < -0.3 is 20.0 Å². The molecule has 0 aliphatic carbocycles. The molecule has 3 aromatic rings. The first-order valence-electron chi connectivity index (χ1n) is 9.58. The van der Waals surface area contributed by atoms with Gasteiger partial charge in [-0.05, 0) is 42.8 Å². The first-order chi connectivity index (χ1) is 14.0. The smallest absolute Gasteiger partial charge is 0.339 e. The molecule has 1 fully saturated rings. The lowest BCUT2D eigenvalue weighted by Crippen LogP contribution is -2.27. The molecule has 0 bridgehead atoms. The van der Waals surface area contributed by atoms with E-state index in [0.717, 1.165) is 49.2 Å². The second-order valence-electron chi connectivity index (χ2n) is 7.26.